The van der Waals surface area contributed by atoms with Gasteiger partial charge in [0.05, 0.1) is 33.1 Å². The molecule has 1 aliphatic carbocycles. The van der Waals surface area contributed by atoms with Gasteiger partial charge in [-0.1, -0.05) is 19.9 Å². The average Bonchev–Trinajstić information content (AvgIpc) is 3.16. The average molecular weight is 569 g/mol. The van der Waals surface area contributed by atoms with Crippen LogP contribution in [0.1, 0.15) is 51.3 Å². The molecule has 0 saturated carbocycles. The van der Waals surface area contributed by atoms with Crippen LogP contribution in [-0.2, 0) is 20.8 Å². The number of anilines is 1. The van der Waals surface area contributed by atoms with Crippen LogP contribution in [0.15, 0.2) is 29.1 Å². The van der Waals surface area contributed by atoms with Gasteiger partial charge in [-0.15, -0.1) is 0 Å². The Kier molecular flexibility index (Phi) is 10.6. The fourth-order valence-corrected chi connectivity index (χ4v) is 5.10. The monoisotopic (exact) mass is 568 g/mol. The molecular formula is C30H40N4O7. The number of benzene rings is 1. The SMILES string of the molecule is COc1cc2c(c(OC)c1OC)-c1ccc(NCCNC(=O)[C@@H](NC(C)=O)C(C)C)c(=O)cc1[C@@H](NC(C)=O)CC2. The van der Waals surface area contributed by atoms with Gasteiger partial charge >= 0.3 is 0 Å². The number of fused-ring (bicyclic) bond motifs is 3. The van der Waals surface area contributed by atoms with Gasteiger partial charge in [0.15, 0.2) is 11.5 Å². The summed E-state index contributed by atoms with van der Waals surface area (Å²) in [5.74, 6) is 0.558. The van der Waals surface area contributed by atoms with Crippen LogP contribution in [0.25, 0.3) is 11.1 Å². The summed E-state index contributed by atoms with van der Waals surface area (Å²) < 4.78 is 17.0. The number of aryl methyl sites for hydroxylation is 1. The summed E-state index contributed by atoms with van der Waals surface area (Å²) in [5, 5.41) is 11.6. The zero-order chi connectivity index (χ0) is 30.3. The Balaban J connectivity index is 1.98. The number of hydrogen-bond donors (Lipinski definition) is 4. The zero-order valence-corrected chi connectivity index (χ0v) is 24.7. The van der Waals surface area contributed by atoms with E-state index < -0.39 is 12.1 Å². The van der Waals surface area contributed by atoms with Crippen molar-refractivity contribution in [2.75, 3.05) is 39.7 Å². The molecule has 0 bridgehead atoms. The number of ether oxygens (including phenoxy) is 3. The summed E-state index contributed by atoms with van der Waals surface area (Å²) in [7, 11) is 4.64. The molecule has 11 heteroatoms. The molecule has 0 spiro atoms. The fraction of sp³-hybridized carbons (Fsp3) is 0.467. The largest absolute Gasteiger partial charge is 0.493 e. The molecule has 2 atom stereocenters. The smallest absolute Gasteiger partial charge is 0.242 e. The van der Waals surface area contributed by atoms with Crippen molar-refractivity contribution in [3.8, 4) is 28.4 Å². The molecule has 0 aromatic heterocycles. The molecule has 222 valence electrons. The number of methoxy groups -OCH3 is 3. The summed E-state index contributed by atoms with van der Waals surface area (Å²) >= 11 is 0. The Morgan fingerprint density at radius 3 is 2.24 bits per heavy atom. The third-order valence-corrected chi connectivity index (χ3v) is 6.96. The maximum atomic E-state index is 13.4. The van der Waals surface area contributed by atoms with Crippen molar-refractivity contribution in [2.45, 2.75) is 52.6 Å². The second kappa shape index (κ2) is 13.9. The van der Waals surface area contributed by atoms with Crippen molar-refractivity contribution in [1.82, 2.24) is 16.0 Å². The molecule has 0 saturated heterocycles. The van der Waals surface area contributed by atoms with Crippen LogP contribution in [-0.4, -0.2) is 58.2 Å². The highest BCUT2D eigenvalue weighted by Crippen LogP contribution is 2.50. The number of amides is 3. The van der Waals surface area contributed by atoms with Crippen molar-refractivity contribution < 1.29 is 28.6 Å². The summed E-state index contributed by atoms with van der Waals surface area (Å²) in [6.07, 6.45) is 1.16. The molecule has 11 nitrogen and oxygen atoms in total. The van der Waals surface area contributed by atoms with Crippen molar-refractivity contribution in [3.63, 3.8) is 0 Å². The second-order valence-corrected chi connectivity index (χ2v) is 10.2. The lowest BCUT2D eigenvalue weighted by Crippen LogP contribution is -2.49. The number of carbonyl (C=O) groups is 3. The van der Waals surface area contributed by atoms with E-state index in [0.29, 0.717) is 41.3 Å². The molecule has 0 radical (unpaired) electrons. The van der Waals surface area contributed by atoms with Crippen LogP contribution < -0.4 is 40.9 Å². The highest BCUT2D eigenvalue weighted by atomic mass is 16.5. The minimum atomic E-state index is -0.649. The van der Waals surface area contributed by atoms with Crippen LogP contribution in [0, 0.1) is 5.92 Å². The second-order valence-electron chi connectivity index (χ2n) is 10.2. The summed E-state index contributed by atoms with van der Waals surface area (Å²) in [4.78, 5) is 49.5. The first kappa shape index (κ1) is 31.3. The summed E-state index contributed by atoms with van der Waals surface area (Å²) in [6, 6.07) is 5.89. The molecule has 3 amide bonds. The zero-order valence-electron chi connectivity index (χ0n) is 24.7. The molecule has 4 N–H and O–H groups in total. The van der Waals surface area contributed by atoms with Gasteiger partial charge < -0.3 is 35.5 Å². The van der Waals surface area contributed by atoms with Gasteiger partial charge in [0.25, 0.3) is 0 Å². The van der Waals surface area contributed by atoms with Crippen molar-refractivity contribution in [1.29, 1.82) is 0 Å². The van der Waals surface area contributed by atoms with Crippen molar-refractivity contribution in [2.24, 2.45) is 5.92 Å². The minimum Gasteiger partial charge on any atom is -0.493 e. The highest BCUT2D eigenvalue weighted by molar-refractivity contribution is 5.87. The topological polar surface area (TPSA) is 144 Å². The quantitative estimate of drug-likeness (QED) is 0.303. The lowest BCUT2D eigenvalue weighted by Gasteiger charge is -2.21. The number of nitrogens with one attached hydrogen (secondary N) is 4. The van der Waals surface area contributed by atoms with Gasteiger partial charge in [-0.3, -0.25) is 19.2 Å². The van der Waals surface area contributed by atoms with E-state index in [2.05, 4.69) is 21.3 Å². The van der Waals surface area contributed by atoms with E-state index in [9.17, 15) is 19.2 Å². The van der Waals surface area contributed by atoms with E-state index >= 15 is 0 Å². The first-order valence-electron chi connectivity index (χ1n) is 13.6. The Labute approximate surface area is 240 Å². The minimum absolute atomic E-state index is 0.0845. The standard InChI is InChI=1S/C30H40N4O7/c1-16(2)27(34-18(4)36)30(38)32-13-12-31-23-11-9-20-21(15-24(23)37)22(33-17(3)35)10-8-19-14-25(39-5)28(40-6)29(41-7)26(19)20/h9,11,14-16,22,27H,8,10,12-13H2,1-7H3,(H,31,37)(H,32,38)(H,33,35)(H,34,36)/t22-,27-/m0/s1. The van der Waals surface area contributed by atoms with Crippen LogP contribution in [0.2, 0.25) is 0 Å². The highest BCUT2D eigenvalue weighted by Gasteiger charge is 2.29. The van der Waals surface area contributed by atoms with E-state index in [1.807, 2.05) is 26.0 Å². The number of carbonyl (C=O) groups excluding carboxylic acids is 3. The predicted molar refractivity (Wildman–Crippen MR) is 157 cm³/mol. The molecular weight excluding hydrogens is 528 g/mol. The van der Waals surface area contributed by atoms with Gasteiger partial charge in [-0.25, -0.2) is 0 Å². The van der Waals surface area contributed by atoms with E-state index in [1.54, 1.807) is 20.3 Å². The lowest BCUT2D eigenvalue weighted by atomic mass is 9.95. The molecule has 3 rings (SSSR count). The Morgan fingerprint density at radius 2 is 1.66 bits per heavy atom. The summed E-state index contributed by atoms with van der Waals surface area (Å²) in [6.45, 7) is 7.03. The first-order valence-corrected chi connectivity index (χ1v) is 13.6. The summed E-state index contributed by atoms with van der Waals surface area (Å²) in [5.41, 5.74) is 3.14. The third-order valence-electron chi connectivity index (χ3n) is 6.96. The Morgan fingerprint density at radius 1 is 0.951 bits per heavy atom. The lowest BCUT2D eigenvalue weighted by molar-refractivity contribution is -0.129. The van der Waals surface area contributed by atoms with Crippen molar-refractivity contribution in [3.05, 3.63) is 45.6 Å². The van der Waals surface area contributed by atoms with Gasteiger partial charge in [0.2, 0.25) is 28.9 Å². The van der Waals surface area contributed by atoms with Crippen LogP contribution >= 0.6 is 0 Å². The predicted octanol–water partition coefficient (Wildman–Crippen LogP) is 2.55. The maximum absolute atomic E-state index is 13.4. The maximum Gasteiger partial charge on any atom is 0.242 e. The van der Waals surface area contributed by atoms with E-state index in [1.165, 1.54) is 27.0 Å². The molecule has 1 aliphatic rings. The third kappa shape index (κ3) is 7.27. The number of rotatable bonds is 11. The van der Waals surface area contributed by atoms with Gasteiger partial charge in [-0.05, 0) is 53.6 Å². The van der Waals surface area contributed by atoms with E-state index in [4.69, 9.17) is 14.2 Å². The molecule has 0 heterocycles. The molecule has 0 fully saturated rings. The Hall–Kier alpha value is -4.28. The van der Waals surface area contributed by atoms with Crippen LogP contribution in [0.3, 0.4) is 0 Å². The van der Waals surface area contributed by atoms with Crippen LogP contribution in [0.4, 0.5) is 5.69 Å². The van der Waals surface area contributed by atoms with E-state index in [0.717, 1.165) is 16.7 Å². The normalized spacial score (nSPS) is 14.5. The first-order chi connectivity index (χ1) is 19.5. The fourth-order valence-electron chi connectivity index (χ4n) is 5.10. The van der Waals surface area contributed by atoms with E-state index in [-0.39, 0.29) is 42.2 Å². The molecule has 41 heavy (non-hydrogen) atoms. The Bertz CT molecular complexity index is 1360. The number of hydrogen-bond acceptors (Lipinski definition) is 8. The van der Waals surface area contributed by atoms with Gasteiger partial charge in [0.1, 0.15) is 6.04 Å². The molecule has 0 aliphatic heterocycles. The van der Waals surface area contributed by atoms with Crippen LogP contribution in [0.5, 0.6) is 17.2 Å². The molecule has 2 aromatic rings. The molecule has 2 aromatic carbocycles. The van der Waals surface area contributed by atoms with Gasteiger partial charge in [-0.2, -0.15) is 0 Å². The van der Waals surface area contributed by atoms with Gasteiger partial charge in [0, 0.05) is 32.5 Å². The van der Waals surface area contributed by atoms with Crippen molar-refractivity contribution >= 4 is 23.4 Å². The molecule has 0 unspecified atom stereocenters.